The molecule has 1 aliphatic rings. The van der Waals surface area contributed by atoms with Gasteiger partial charge < -0.3 is 15.0 Å². The molecule has 152 valence electrons. The van der Waals surface area contributed by atoms with E-state index in [1.807, 2.05) is 36.4 Å². The summed E-state index contributed by atoms with van der Waals surface area (Å²) in [7, 11) is 1.60. The van der Waals surface area contributed by atoms with Crippen molar-refractivity contribution in [2.24, 2.45) is 0 Å². The van der Waals surface area contributed by atoms with Gasteiger partial charge >= 0.3 is 0 Å². The van der Waals surface area contributed by atoms with E-state index in [1.165, 1.54) is 16.9 Å². The van der Waals surface area contributed by atoms with Crippen LogP contribution in [-0.4, -0.2) is 23.0 Å². The van der Waals surface area contributed by atoms with Crippen molar-refractivity contribution in [3.05, 3.63) is 62.9 Å². The van der Waals surface area contributed by atoms with Gasteiger partial charge in [-0.05, 0) is 77.5 Å². The molecular formula is C23H20BrN3O2S. The van der Waals surface area contributed by atoms with Crippen LogP contribution in [0.2, 0.25) is 0 Å². The number of rotatable bonds is 4. The lowest BCUT2D eigenvalue weighted by molar-refractivity contribution is 0.102. The summed E-state index contributed by atoms with van der Waals surface area (Å²) in [5.41, 5.74) is 4.80. The molecule has 0 bridgehead atoms. The number of carbonyl (C=O) groups excluding carboxylic acids is 1. The van der Waals surface area contributed by atoms with Crippen molar-refractivity contribution in [3.63, 3.8) is 0 Å². The molecule has 5 nitrogen and oxygen atoms in total. The van der Waals surface area contributed by atoms with Crippen molar-refractivity contribution >= 4 is 49.2 Å². The van der Waals surface area contributed by atoms with E-state index in [0.717, 1.165) is 51.2 Å². The summed E-state index contributed by atoms with van der Waals surface area (Å²) in [6.07, 6.45) is 4.40. The van der Waals surface area contributed by atoms with Crippen LogP contribution in [0.5, 0.6) is 5.75 Å². The number of H-pyrrole nitrogens is 1. The monoisotopic (exact) mass is 481 g/mol. The third kappa shape index (κ3) is 3.42. The predicted molar refractivity (Wildman–Crippen MR) is 125 cm³/mol. The Morgan fingerprint density at radius 3 is 2.87 bits per heavy atom. The number of carbonyl (C=O) groups is 1. The molecule has 30 heavy (non-hydrogen) atoms. The molecule has 0 radical (unpaired) electrons. The van der Waals surface area contributed by atoms with Crippen LogP contribution in [0.25, 0.3) is 22.4 Å². The maximum atomic E-state index is 13.2. The zero-order valence-electron chi connectivity index (χ0n) is 16.4. The summed E-state index contributed by atoms with van der Waals surface area (Å²) in [5, 5.41) is 4.00. The molecule has 0 fully saturated rings. The van der Waals surface area contributed by atoms with Gasteiger partial charge in [-0.25, -0.2) is 4.98 Å². The van der Waals surface area contributed by atoms with Gasteiger partial charge in [0.25, 0.3) is 5.91 Å². The summed E-state index contributed by atoms with van der Waals surface area (Å²) >= 11 is 5.15. The lowest BCUT2D eigenvalue weighted by Crippen LogP contribution is -2.12. The molecule has 1 amide bonds. The Bertz CT molecular complexity index is 1230. The van der Waals surface area contributed by atoms with Gasteiger partial charge in [-0.3, -0.25) is 4.79 Å². The van der Waals surface area contributed by atoms with Crippen LogP contribution in [0, 0.1) is 0 Å². The molecule has 7 heteroatoms. The van der Waals surface area contributed by atoms with E-state index in [2.05, 4.69) is 26.2 Å². The third-order valence-corrected chi connectivity index (χ3v) is 7.34. The second kappa shape index (κ2) is 7.89. The standard InChI is InChI=1S/C23H20BrN3O2S/c1-29-13-10-11-16(24)15(12-13)22(28)27-23-20(14-6-2-5-9-19(14)30-23)21-25-17-7-3-4-8-18(17)26-21/h3-4,7-8,10-12H,2,5-6,9H2,1H3,(H,25,26)(H,27,28). The highest BCUT2D eigenvalue weighted by molar-refractivity contribution is 9.10. The number of nitrogens with zero attached hydrogens (tertiary/aromatic N) is 1. The van der Waals surface area contributed by atoms with Gasteiger partial charge in [-0.1, -0.05) is 12.1 Å². The molecule has 1 aliphatic carbocycles. The van der Waals surface area contributed by atoms with Crippen molar-refractivity contribution in [2.75, 3.05) is 12.4 Å². The van der Waals surface area contributed by atoms with Crippen LogP contribution < -0.4 is 10.1 Å². The number of imidazole rings is 1. The topological polar surface area (TPSA) is 67.0 Å². The minimum absolute atomic E-state index is 0.170. The van der Waals surface area contributed by atoms with Gasteiger partial charge in [-0.2, -0.15) is 0 Å². The summed E-state index contributed by atoms with van der Waals surface area (Å²) in [6.45, 7) is 0. The highest BCUT2D eigenvalue weighted by Crippen LogP contribution is 2.44. The fourth-order valence-electron chi connectivity index (χ4n) is 3.95. The van der Waals surface area contributed by atoms with E-state index < -0.39 is 0 Å². The number of hydrogen-bond donors (Lipinski definition) is 2. The zero-order valence-corrected chi connectivity index (χ0v) is 18.8. The van der Waals surface area contributed by atoms with Crippen LogP contribution in [-0.2, 0) is 12.8 Å². The minimum atomic E-state index is -0.170. The number of fused-ring (bicyclic) bond motifs is 2. The first-order valence-electron chi connectivity index (χ1n) is 9.88. The number of amides is 1. The molecule has 0 saturated carbocycles. The predicted octanol–water partition coefficient (Wildman–Crippen LogP) is 6.19. The van der Waals surface area contributed by atoms with Crippen LogP contribution in [0.15, 0.2) is 46.9 Å². The van der Waals surface area contributed by atoms with E-state index in [4.69, 9.17) is 9.72 Å². The summed E-state index contributed by atoms with van der Waals surface area (Å²) in [5.74, 6) is 1.29. The van der Waals surface area contributed by atoms with E-state index in [9.17, 15) is 4.79 Å². The lowest BCUT2D eigenvalue weighted by Gasteiger charge is -2.12. The average Bonchev–Trinajstić information content (AvgIpc) is 3.34. The molecule has 2 aromatic heterocycles. The molecule has 2 heterocycles. The van der Waals surface area contributed by atoms with Crippen molar-refractivity contribution in [1.82, 2.24) is 9.97 Å². The SMILES string of the molecule is COc1ccc(Br)c(C(=O)Nc2sc3c(c2-c2nc4ccccc4[nH]2)CCCC3)c1. The van der Waals surface area contributed by atoms with Crippen LogP contribution in [0.3, 0.4) is 0 Å². The maximum Gasteiger partial charge on any atom is 0.257 e. The largest absolute Gasteiger partial charge is 0.497 e. The zero-order chi connectivity index (χ0) is 20.7. The van der Waals surface area contributed by atoms with Crippen molar-refractivity contribution in [2.45, 2.75) is 25.7 Å². The Kier molecular flexibility index (Phi) is 5.08. The number of halogens is 1. The van der Waals surface area contributed by atoms with E-state index in [1.54, 1.807) is 24.5 Å². The highest BCUT2D eigenvalue weighted by atomic mass is 79.9. The first-order valence-corrected chi connectivity index (χ1v) is 11.5. The molecule has 5 rings (SSSR count). The number of hydrogen-bond acceptors (Lipinski definition) is 4. The maximum absolute atomic E-state index is 13.2. The number of para-hydroxylation sites is 2. The first-order chi connectivity index (χ1) is 14.6. The highest BCUT2D eigenvalue weighted by Gasteiger charge is 2.25. The fraction of sp³-hybridized carbons (Fsp3) is 0.217. The van der Waals surface area contributed by atoms with Crippen molar-refractivity contribution < 1.29 is 9.53 Å². The normalized spacial score (nSPS) is 13.3. The van der Waals surface area contributed by atoms with Gasteiger partial charge in [0.1, 0.15) is 16.6 Å². The number of aromatic amines is 1. The molecular weight excluding hydrogens is 462 g/mol. The Labute approximate surface area is 186 Å². The number of anilines is 1. The molecule has 0 aliphatic heterocycles. The molecule has 0 saturated heterocycles. The number of thiophene rings is 1. The molecule has 0 atom stereocenters. The van der Waals surface area contributed by atoms with Gasteiger partial charge in [0.2, 0.25) is 0 Å². The fourth-order valence-corrected chi connectivity index (χ4v) is 5.66. The Morgan fingerprint density at radius 2 is 2.03 bits per heavy atom. The Balaban J connectivity index is 1.58. The Hall–Kier alpha value is -2.64. The molecule has 0 spiro atoms. The van der Waals surface area contributed by atoms with Crippen LogP contribution in [0.4, 0.5) is 5.00 Å². The summed E-state index contributed by atoms with van der Waals surface area (Å²) < 4.78 is 6.02. The van der Waals surface area contributed by atoms with E-state index in [-0.39, 0.29) is 5.91 Å². The smallest absolute Gasteiger partial charge is 0.257 e. The molecule has 2 aromatic carbocycles. The Morgan fingerprint density at radius 1 is 1.20 bits per heavy atom. The number of methoxy groups -OCH3 is 1. The van der Waals surface area contributed by atoms with Crippen LogP contribution >= 0.6 is 27.3 Å². The van der Waals surface area contributed by atoms with Gasteiger partial charge in [0.15, 0.2) is 0 Å². The summed E-state index contributed by atoms with van der Waals surface area (Å²) in [4.78, 5) is 22.8. The summed E-state index contributed by atoms with van der Waals surface area (Å²) in [6, 6.07) is 13.4. The molecule has 4 aromatic rings. The van der Waals surface area contributed by atoms with Crippen molar-refractivity contribution in [1.29, 1.82) is 0 Å². The lowest BCUT2D eigenvalue weighted by atomic mass is 9.95. The van der Waals surface area contributed by atoms with Crippen molar-refractivity contribution in [3.8, 4) is 17.1 Å². The number of aryl methyl sites for hydroxylation is 1. The van der Waals surface area contributed by atoms with Gasteiger partial charge in [0.05, 0.1) is 29.3 Å². The first kappa shape index (κ1) is 19.3. The molecule has 0 unspecified atom stereocenters. The number of benzene rings is 2. The van der Waals surface area contributed by atoms with Crippen LogP contribution in [0.1, 0.15) is 33.6 Å². The number of aromatic nitrogens is 2. The van der Waals surface area contributed by atoms with E-state index in [0.29, 0.717) is 11.3 Å². The average molecular weight is 482 g/mol. The quantitative estimate of drug-likeness (QED) is 0.364. The second-order valence-electron chi connectivity index (χ2n) is 7.32. The van der Waals surface area contributed by atoms with Gasteiger partial charge in [-0.15, -0.1) is 11.3 Å². The van der Waals surface area contributed by atoms with Gasteiger partial charge in [0, 0.05) is 9.35 Å². The number of nitrogens with one attached hydrogen (secondary N) is 2. The second-order valence-corrected chi connectivity index (χ2v) is 9.28. The third-order valence-electron chi connectivity index (χ3n) is 5.44. The molecule has 2 N–H and O–H groups in total. The number of ether oxygens (including phenoxy) is 1. The van der Waals surface area contributed by atoms with E-state index >= 15 is 0 Å². The minimum Gasteiger partial charge on any atom is -0.497 e.